The van der Waals surface area contributed by atoms with Crippen LogP contribution in [0.3, 0.4) is 0 Å². The van der Waals surface area contributed by atoms with E-state index >= 15 is 0 Å². The third-order valence-corrected chi connectivity index (χ3v) is 7.85. The van der Waals surface area contributed by atoms with Crippen LogP contribution < -0.4 is 15.6 Å². The summed E-state index contributed by atoms with van der Waals surface area (Å²) in [5.41, 5.74) is 0.819. The Morgan fingerprint density at radius 1 is 1.00 bits per heavy atom. The van der Waals surface area contributed by atoms with Gasteiger partial charge in [-0.2, -0.15) is 0 Å². The van der Waals surface area contributed by atoms with Crippen molar-refractivity contribution in [1.29, 1.82) is 0 Å². The van der Waals surface area contributed by atoms with E-state index in [1.807, 2.05) is 4.90 Å². The number of benzene rings is 3. The van der Waals surface area contributed by atoms with E-state index in [1.54, 1.807) is 42.5 Å². The van der Waals surface area contributed by atoms with Crippen molar-refractivity contribution >= 4 is 28.5 Å². The molecule has 6 rings (SSSR count). The predicted octanol–water partition coefficient (Wildman–Crippen LogP) is 4.54. The van der Waals surface area contributed by atoms with Crippen LogP contribution in [0.25, 0.3) is 27.7 Å². The number of methoxy groups -OCH3 is 1. The van der Waals surface area contributed by atoms with Crippen LogP contribution in [0.15, 0.2) is 71.8 Å². The van der Waals surface area contributed by atoms with Crippen molar-refractivity contribution in [2.24, 2.45) is 0 Å². The highest BCUT2D eigenvalue weighted by atomic mass is 19.4. The molecular weight excluding hydrogens is 581 g/mol. The van der Waals surface area contributed by atoms with E-state index < -0.39 is 35.1 Å². The first kappa shape index (κ1) is 29.3. The molecule has 10 nitrogen and oxygen atoms in total. The molecule has 0 unspecified atom stereocenters. The minimum absolute atomic E-state index is 0.181. The topological polar surface area (TPSA) is 112 Å². The fourth-order valence-corrected chi connectivity index (χ4v) is 5.44. The molecule has 2 heterocycles. The van der Waals surface area contributed by atoms with Crippen molar-refractivity contribution in [2.75, 3.05) is 38.7 Å². The summed E-state index contributed by atoms with van der Waals surface area (Å²) in [4.78, 5) is 45.3. The molecule has 44 heavy (non-hydrogen) atoms. The molecule has 0 radical (unpaired) electrons. The zero-order chi connectivity index (χ0) is 31.1. The van der Waals surface area contributed by atoms with Crippen molar-refractivity contribution in [3.63, 3.8) is 0 Å². The second kappa shape index (κ2) is 11.4. The normalized spacial score (nSPS) is 16.4. The van der Waals surface area contributed by atoms with Crippen molar-refractivity contribution in [3.8, 4) is 22.6 Å². The largest absolute Gasteiger partial charge is 0.573 e. The molecule has 0 atom stereocenters. The van der Waals surface area contributed by atoms with Crippen LogP contribution in [0.1, 0.15) is 23.2 Å². The maximum Gasteiger partial charge on any atom is 0.573 e. The van der Waals surface area contributed by atoms with Gasteiger partial charge >= 0.3 is 12.3 Å². The number of fused-ring (bicyclic) bond motifs is 1. The summed E-state index contributed by atoms with van der Waals surface area (Å²) in [5.74, 6) is -1.53. The zero-order valence-corrected chi connectivity index (χ0v) is 23.5. The van der Waals surface area contributed by atoms with Crippen LogP contribution >= 0.6 is 0 Å². The lowest BCUT2D eigenvalue weighted by atomic mass is 10.0. The van der Waals surface area contributed by atoms with E-state index in [-0.39, 0.29) is 16.8 Å². The van der Waals surface area contributed by atoms with Gasteiger partial charge in [-0.25, -0.2) is 9.78 Å². The van der Waals surface area contributed by atoms with Gasteiger partial charge in [-0.15, -0.1) is 13.2 Å². The number of halogens is 3. The Balaban J connectivity index is 1.33. The molecule has 3 aromatic carbocycles. The summed E-state index contributed by atoms with van der Waals surface area (Å²) >= 11 is 0. The van der Waals surface area contributed by atoms with E-state index in [0.29, 0.717) is 61.4 Å². The SMILES string of the molecule is COC(=O)c1cccc(-c2ccc3c(=O)n(-c4ccc(OC(F)(F)F)c(NC(=O)C5(N6CCOCC6)CC5)c4)cnc3c2)c1. The standard InChI is InChI=1S/C31H27F3N4O6/c1-42-28(40)21-4-2-3-19(15-21)20-5-7-23-24(16-20)35-18-38(27(23)39)22-6-8-26(44-31(32,33)34)25(17-22)36-29(41)30(9-10-30)37-11-13-43-14-12-37/h2-8,15-18H,9-14H2,1H3,(H,36,41). The summed E-state index contributed by atoms with van der Waals surface area (Å²) in [6.07, 6.45) is -2.60. The molecule has 1 amide bonds. The third-order valence-electron chi connectivity index (χ3n) is 7.85. The van der Waals surface area contributed by atoms with Crippen molar-refractivity contribution in [1.82, 2.24) is 14.5 Å². The Labute approximate surface area is 249 Å². The number of esters is 1. The van der Waals surface area contributed by atoms with Gasteiger partial charge in [-0.1, -0.05) is 18.2 Å². The third kappa shape index (κ3) is 5.75. The minimum Gasteiger partial charge on any atom is -0.465 e. The second-order valence-corrected chi connectivity index (χ2v) is 10.5. The predicted molar refractivity (Wildman–Crippen MR) is 154 cm³/mol. The number of nitrogens with zero attached hydrogens (tertiary/aromatic N) is 3. The molecule has 1 aromatic heterocycles. The Hall–Kier alpha value is -4.75. The molecule has 1 aliphatic carbocycles. The van der Waals surface area contributed by atoms with E-state index in [0.717, 1.165) is 6.07 Å². The van der Waals surface area contributed by atoms with Crippen LogP contribution in [-0.4, -0.2) is 71.6 Å². The van der Waals surface area contributed by atoms with Gasteiger partial charge < -0.3 is 19.5 Å². The first-order chi connectivity index (χ1) is 21.1. The Kier molecular flexibility index (Phi) is 7.59. The van der Waals surface area contributed by atoms with E-state index in [4.69, 9.17) is 9.47 Å². The average molecular weight is 609 g/mol. The number of carbonyl (C=O) groups is 2. The van der Waals surface area contributed by atoms with Crippen LogP contribution in [0.4, 0.5) is 18.9 Å². The monoisotopic (exact) mass is 608 g/mol. The van der Waals surface area contributed by atoms with Crippen molar-refractivity contribution in [3.05, 3.63) is 82.9 Å². The zero-order valence-electron chi connectivity index (χ0n) is 23.5. The molecule has 228 valence electrons. The van der Waals surface area contributed by atoms with E-state index in [2.05, 4.69) is 15.0 Å². The summed E-state index contributed by atoms with van der Waals surface area (Å²) in [7, 11) is 1.29. The lowest BCUT2D eigenvalue weighted by Crippen LogP contribution is -2.51. The summed E-state index contributed by atoms with van der Waals surface area (Å²) in [5, 5.41) is 2.88. The fraction of sp³-hybridized carbons (Fsp3) is 0.290. The molecule has 0 bridgehead atoms. The average Bonchev–Trinajstić information content (AvgIpc) is 3.84. The highest BCUT2D eigenvalue weighted by Crippen LogP contribution is 2.44. The van der Waals surface area contributed by atoms with E-state index in [9.17, 15) is 27.6 Å². The van der Waals surface area contributed by atoms with Crippen LogP contribution in [0.5, 0.6) is 5.75 Å². The maximum absolute atomic E-state index is 13.5. The smallest absolute Gasteiger partial charge is 0.465 e. The highest BCUT2D eigenvalue weighted by molar-refractivity contribution is 6.01. The second-order valence-electron chi connectivity index (χ2n) is 10.5. The van der Waals surface area contributed by atoms with Crippen LogP contribution in [-0.2, 0) is 14.3 Å². The minimum atomic E-state index is -5.00. The van der Waals surface area contributed by atoms with Gasteiger partial charge in [0.05, 0.1) is 48.2 Å². The quantitative estimate of drug-likeness (QED) is 0.305. The van der Waals surface area contributed by atoms with Crippen molar-refractivity contribution < 1.29 is 37.0 Å². The number of ether oxygens (including phenoxy) is 3. The number of hydrogen-bond acceptors (Lipinski definition) is 8. The Morgan fingerprint density at radius 3 is 2.45 bits per heavy atom. The molecule has 1 saturated carbocycles. The number of hydrogen-bond donors (Lipinski definition) is 1. The molecule has 2 fully saturated rings. The van der Waals surface area contributed by atoms with Gasteiger partial charge in [0.2, 0.25) is 5.91 Å². The molecule has 2 aliphatic rings. The Bertz CT molecular complexity index is 1810. The first-order valence-electron chi connectivity index (χ1n) is 13.8. The number of morpholine rings is 1. The summed E-state index contributed by atoms with van der Waals surface area (Å²) < 4.78 is 55.3. The van der Waals surface area contributed by atoms with Gasteiger partial charge in [-0.05, 0) is 66.4 Å². The summed E-state index contributed by atoms with van der Waals surface area (Å²) in [6.45, 7) is 2.00. The molecule has 13 heteroatoms. The molecule has 1 aliphatic heterocycles. The van der Waals surface area contributed by atoms with Gasteiger partial charge in [-0.3, -0.25) is 19.1 Å². The lowest BCUT2D eigenvalue weighted by Gasteiger charge is -2.34. The maximum atomic E-state index is 13.5. The van der Waals surface area contributed by atoms with Gasteiger partial charge in [0.25, 0.3) is 5.56 Å². The number of amides is 1. The number of anilines is 1. The molecule has 4 aromatic rings. The first-order valence-corrected chi connectivity index (χ1v) is 13.8. The number of aromatic nitrogens is 2. The molecule has 0 spiro atoms. The van der Waals surface area contributed by atoms with Gasteiger partial charge in [0.15, 0.2) is 5.75 Å². The van der Waals surface area contributed by atoms with E-state index in [1.165, 1.54) is 30.1 Å². The summed E-state index contributed by atoms with van der Waals surface area (Å²) in [6, 6.07) is 15.4. The van der Waals surface area contributed by atoms with Gasteiger partial charge in [0.1, 0.15) is 11.9 Å². The number of alkyl halides is 3. The van der Waals surface area contributed by atoms with Crippen LogP contribution in [0.2, 0.25) is 0 Å². The van der Waals surface area contributed by atoms with Crippen LogP contribution in [0, 0.1) is 0 Å². The molecule has 1 saturated heterocycles. The Morgan fingerprint density at radius 2 is 1.75 bits per heavy atom. The number of rotatable bonds is 7. The number of nitrogens with one attached hydrogen (secondary N) is 1. The molecule has 1 N–H and O–H groups in total. The van der Waals surface area contributed by atoms with Gasteiger partial charge in [0, 0.05) is 13.1 Å². The lowest BCUT2D eigenvalue weighted by molar-refractivity contribution is -0.274. The molecular formula is C31H27F3N4O6. The highest BCUT2D eigenvalue weighted by Gasteiger charge is 2.54. The van der Waals surface area contributed by atoms with Crippen molar-refractivity contribution in [2.45, 2.75) is 24.7 Å². The number of carbonyl (C=O) groups excluding carboxylic acids is 2. The fourth-order valence-electron chi connectivity index (χ4n) is 5.44.